The van der Waals surface area contributed by atoms with E-state index < -0.39 is 10.0 Å². The number of nitrogens with zero attached hydrogens (tertiary/aromatic N) is 2. The van der Waals surface area contributed by atoms with Gasteiger partial charge in [0, 0.05) is 30.4 Å². The highest BCUT2D eigenvalue weighted by atomic mass is 32.2. The van der Waals surface area contributed by atoms with Gasteiger partial charge < -0.3 is 5.32 Å². The van der Waals surface area contributed by atoms with E-state index in [1.165, 1.54) is 10.2 Å². The number of rotatable bonds is 6. The van der Waals surface area contributed by atoms with Crippen molar-refractivity contribution in [2.24, 2.45) is 0 Å². The number of amides is 1. The zero-order chi connectivity index (χ0) is 19.4. The molecule has 0 saturated carbocycles. The molecule has 6 nitrogen and oxygen atoms in total. The Morgan fingerprint density at radius 2 is 1.78 bits per heavy atom. The number of carbonyl (C=O) groups excluding carboxylic acids is 1. The summed E-state index contributed by atoms with van der Waals surface area (Å²) in [4.78, 5) is 16.5. The second-order valence-electron chi connectivity index (χ2n) is 6.26. The Morgan fingerprint density at radius 1 is 1.11 bits per heavy atom. The Labute approximate surface area is 158 Å². The average Bonchev–Trinajstić information content (AvgIpc) is 3.18. The van der Waals surface area contributed by atoms with E-state index in [9.17, 15) is 13.2 Å². The molecule has 2 heterocycles. The molecule has 0 radical (unpaired) electrons. The lowest BCUT2D eigenvalue weighted by molar-refractivity contribution is 0.0935. The lowest BCUT2D eigenvalue weighted by Crippen LogP contribution is -2.28. The maximum absolute atomic E-state index is 12.8. The Hall–Kier alpha value is -2.93. The standard InChI is InChI=1S/C20H21N3O3S/c1-3-19(22-20(24)16-8-11-21-12-9-16)17-10-13-23(14-17)27(25,26)18-6-4-15(2)5-7-18/h4-14,19H,3H2,1-2H3,(H,22,24)/t19-/m0/s1. The number of aryl methyl sites for hydroxylation is 1. The molecule has 3 rings (SSSR count). The summed E-state index contributed by atoms with van der Waals surface area (Å²) in [6.07, 6.45) is 6.80. The SMILES string of the molecule is CC[C@H](NC(=O)c1ccncc1)c1ccn(S(=O)(=O)c2ccc(C)cc2)c1. The van der Waals surface area contributed by atoms with E-state index >= 15 is 0 Å². The zero-order valence-electron chi connectivity index (χ0n) is 15.2. The van der Waals surface area contributed by atoms with E-state index in [0.29, 0.717) is 12.0 Å². The molecule has 0 saturated heterocycles. The van der Waals surface area contributed by atoms with Gasteiger partial charge in [-0.2, -0.15) is 0 Å². The van der Waals surface area contributed by atoms with Crippen LogP contribution in [0, 0.1) is 6.92 Å². The fourth-order valence-corrected chi connectivity index (χ4v) is 3.95. The summed E-state index contributed by atoms with van der Waals surface area (Å²) in [6, 6.07) is 11.4. The highest BCUT2D eigenvalue weighted by Crippen LogP contribution is 2.21. The van der Waals surface area contributed by atoms with Crippen LogP contribution in [0.1, 0.15) is 40.9 Å². The van der Waals surface area contributed by atoms with Crippen molar-refractivity contribution in [3.05, 3.63) is 83.9 Å². The van der Waals surface area contributed by atoms with Gasteiger partial charge in [0.1, 0.15) is 0 Å². The molecule has 140 valence electrons. The molecule has 27 heavy (non-hydrogen) atoms. The number of hydrogen-bond donors (Lipinski definition) is 1. The van der Waals surface area contributed by atoms with Gasteiger partial charge in [-0.1, -0.05) is 24.6 Å². The van der Waals surface area contributed by atoms with Crippen LogP contribution in [0.4, 0.5) is 0 Å². The summed E-state index contributed by atoms with van der Waals surface area (Å²) < 4.78 is 26.8. The van der Waals surface area contributed by atoms with Crippen LogP contribution in [0.5, 0.6) is 0 Å². The van der Waals surface area contributed by atoms with Gasteiger partial charge in [-0.05, 0) is 49.2 Å². The molecule has 1 atom stereocenters. The van der Waals surface area contributed by atoms with Crippen LogP contribution >= 0.6 is 0 Å². The Morgan fingerprint density at radius 3 is 2.41 bits per heavy atom. The number of benzene rings is 1. The lowest BCUT2D eigenvalue weighted by Gasteiger charge is -2.16. The van der Waals surface area contributed by atoms with E-state index in [1.54, 1.807) is 61.1 Å². The third-order valence-electron chi connectivity index (χ3n) is 4.35. The van der Waals surface area contributed by atoms with Crippen molar-refractivity contribution in [3.8, 4) is 0 Å². The second kappa shape index (κ2) is 7.75. The number of aromatic nitrogens is 2. The maximum atomic E-state index is 12.8. The number of carbonyl (C=O) groups is 1. The molecule has 1 amide bonds. The number of hydrogen-bond acceptors (Lipinski definition) is 4. The Balaban J connectivity index is 1.83. The summed E-state index contributed by atoms with van der Waals surface area (Å²) in [6.45, 7) is 3.84. The molecule has 1 aromatic carbocycles. The van der Waals surface area contributed by atoms with Crippen molar-refractivity contribution in [1.82, 2.24) is 14.3 Å². The molecule has 3 aromatic rings. The minimum atomic E-state index is -3.66. The van der Waals surface area contributed by atoms with E-state index in [-0.39, 0.29) is 16.8 Å². The molecule has 0 bridgehead atoms. The second-order valence-corrected chi connectivity index (χ2v) is 8.11. The van der Waals surface area contributed by atoms with Crippen LogP contribution in [0.3, 0.4) is 0 Å². The minimum absolute atomic E-state index is 0.224. The first-order valence-corrected chi connectivity index (χ1v) is 10.1. The predicted octanol–water partition coefficient (Wildman–Crippen LogP) is 3.31. The van der Waals surface area contributed by atoms with Gasteiger partial charge in [-0.25, -0.2) is 12.4 Å². The third kappa shape index (κ3) is 4.09. The molecule has 0 unspecified atom stereocenters. The summed E-state index contributed by atoms with van der Waals surface area (Å²) in [5.74, 6) is -0.224. The van der Waals surface area contributed by atoms with Gasteiger partial charge in [0.25, 0.3) is 15.9 Å². The molecule has 0 aliphatic heterocycles. The Bertz CT molecular complexity index is 1030. The van der Waals surface area contributed by atoms with Crippen molar-refractivity contribution in [2.75, 3.05) is 0 Å². The van der Waals surface area contributed by atoms with Crippen LogP contribution in [-0.2, 0) is 10.0 Å². The summed E-state index contributed by atoms with van der Waals surface area (Å²) in [5.41, 5.74) is 2.23. The number of pyridine rings is 1. The molecule has 1 N–H and O–H groups in total. The van der Waals surface area contributed by atoms with Crippen molar-refractivity contribution >= 4 is 15.9 Å². The molecule has 0 spiro atoms. The van der Waals surface area contributed by atoms with E-state index in [4.69, 9.17) is 0 Å². The molecular formula is C20H21N3O3S. The van der Waals surface area contributed by atoms with Gasteiger partial charge in [0.2, 0.25) is 0 Å². The monoisotopic (exact) mass is 383 g/mol. The highest BCUT2D eigenvalue weighted by molar-refractivity contribution is 7.90. The lowest BCUT2D eigenvalue weighted by atomic mass is 10.1. The molecule has 0 fully saturated rings. The molecular weight excluding hydrogens is 362 g/mol. The molecule has 7 heteroatoms. The highest BCUT2D eigenvalue weighted by Gasteiger charge is 2.20. The third-order valence-corrected chi connectivity index (χ3v) is 6.00. The number of nitrogens with one attached hydrogen (secondary N) is 1. The van der Waals surface area contributed by atoms with Crippen LogP contribution < -0.4 is 5.32 Å². The molecule has 2 aromatic heterocycles. The largest absolute Gasteiger partial charge is 0.345 e. The zero-order valence-corrected chi connectivity index (χ0v) is 16.0. The van der Waals surface area contributed by atoms with Crippen molar-refractivity contribution in [3.63, 3.8) is 0 Å². The maximum Gasteiger partial charge on any atom is 0.267 e. The normalized spacial score (nSPS) is 12.5. The summed E-state index contributed by atoms with van der Waals surface area (Å²) >= 11 is 0. The quantitative estimate of drug-likeness (QED) is 0.708. The van der Waals surface area contributed by atoms with Gasteiger partial charge >= 0.3 is 0 Å². The molecule has 0 aliphatic rings. The fraction of sp³-hybridized carbons (Fsp3) is 0.200. The van der Waals surface area contributed by atoms with Crippen molar-refractivity contribution < 1.29 is 13.2 Å². The van der Waals surface area contributed by atoms with Crippen LogP contribution in [0.2, 0.25) is 0 Å². The van der Waals surface area contributed by atoms with Gasteiger partial charge in [-0.15, -0.1) is 0 Å². The fourth-order valence-electron chi connectivity index (χ4n) is 2.75. The predicted molar refractivity (Wildman–Crippen MR) is 103 cm³/mol. The van der Waals surface area contributed by atoms with E-state index in [2.05, 4.69) is 10.3 Å². The summed E-state index contributed by atoms with van der Waals surface area (Å²) in [7, 11) is -3.66. The first-order valence-electron chi connectivity index (χ1n) is 8.63. The van der Waals surface area contributed by atoms with Gasteiger partial charge in [0.05, 0.1) is 10.9 Å². The van der Waals surface area contributed by atoms with Crippen LogP contribution in [-0.4, -0.2) is 23.3 Å². The summed E-state index contributed by atoms with van der Waals surface area (Å²) in [5, 5.41) is 2.94. The van der Waals surface area contributed by atoms with Crippen LogP contribution in [0.15, 0.2) is 72.1 Å². The smallest absolute Gasteiger partial charge is 0.267 e. The Kier molecular flexibility index (Phi) is 5.41. The minimum Gasteiger partial charge on any atom is -0.345 e. The van der Waals surface area contributed by atoms with Gasteiger partial charge in [-0.3, -0.25) is 9.78 Å². The first kappa shape index (κ1) is 18.8. The van der Waals surface area contributed by atoms with Crippen molar-refractivity contribution in [2.45, 2.75) is 31.2 Å². The topological polar surface area (TPSA) is 81.1 Å². The molecule has 0 aliphatic carbocycles. The van der Waals surface area contributed by atoms with Crippen molar-refractivity contribution in [1.29, 1.82) is 0 Å². The first-order chi connectivity index (χ1) is 12.9. The van der Waals surface area contributed by atoms with Crippen LogP contribution in [0.25, 0.3) is 0 Å². The van der Waals surface area contributed by atoms with E-state index in [0.717, 1.165) is 11.1 Å². The van der Waals surface area contributed by atoms with E-state index in [1.807, 2.05) is 13.8 Å². The van der Waals surface area contributed by atoms with Gasteiger partial charge in [0.15, 0.2) is 0 Å². The average molecular weight is 383 g/mol.